The smallest absolute Gasteiger partial charge is 0.345 e. The van der Waals surface area contributed by atoms with Crippen molar-refractivity contribution < 1.29 is 30.8 Å². The minimum Gasteiger partial charge on any atom is -0.345 e. The van der Waals surface area contributed by atoms with Crippen LogP contribution in [0.1, 0.15) is 23.0 Å². The van der Waals surface area contributed by atoms with Crippen LogP contribution in [-0.2, 0) is 17.1 Å². The third-order valence-corrected chi connectivity index (χ3v) is 5.27. The van der Waals surface area contributed by atoms with Gasteiger partial charge in [0.2, 0.25) is 10.0 Å². The molecule has 0 spiro atoms. The number of aryl methyl sites for hydroxylation is 2. The lowest BCUT2D eigenvalue weighted by molar-refractivity contribution is -0.147. The number of hydrogen-bond donors (Lipinski definition) is 2. The van der Waals surface area contributed by atoms with Crippen molar-refractivity contribution in [2.24, 2.45) is 7.05 Å². The van der Waals surface area contributed by atoms with E-state index in [-0.39, 0.29) is 24.9 Å². The summed E-state index contributed by atoms with van der Waals surface area (Å²) in [5.41, 5.74) is 0.485. The first-order valence-electron chi connectivity index (χ1n) is 7.64. The maximum atomic E-state index is 13.3. The highest BCUT2D eigenvalue weighted by molar-refractivity contribution is 7.89. The topological polar surface area (TPSA) is 80.2 Å². The van der Waals surface area contributed by atoms with Gasteiger partial charge in [-0.1, -0.05) is 0 Å². The summed E-state index contributed by atoms with van der Waals surface area (Å²) in [5, 5.41) is 2.48. The van der Waals surface area contributed by atoms with E-state index in [1.54, 1.807) is 0 Å². The van der Waals surface area contributed by atoms with Crippen molar-refractivity contribution in [2.45, 2.75) is 31.0 Å². The molecular formula is C16H19F4N3O3S2. The number of carbonyl (C=O) groups excluding carboxylic acids is 1. The highest BCUT2D eigenvalue weighted by Gasteiger charge is 2.39. The summed E-state index contributed by atoms with van der Waals surface area (Å²) in [6.45, 7) is 2.18. The fourth-order valence-electron chi connectivity index (χ4n) is 2.19. The minimum atomic E-state index is -4.75. The van der Waals surface area contributed by atoms with Gasteiger partial charge in [0, 0.05) is 18.9 Å². The fourth-order valence-corrected chi connectivity index (χ4v) is 3.49. The molecule has 0 bridgehead atoms. The molecule has 2 N–H and O–H groups in total. The molecule has 0 saturated heterocycles. The second-order valence-electron chi connectivity index (χ2n) is 5.97. The van der Waals surface area contributed by atoms with Gasteiger partial charge in [-0.2, -0.15) is 31.4 Å². The molecule has 0 radical (unpaired) electrons. The van der Waals surface area contributed by atoms with Crippen LogP contribution in [0.3, 0.4) is 0 Å². The van der Waals surface area contributed by atoms with Crippen LogP contribution in [0.5, 0.6) is 0 Å². The Morgan fingerprint density at radius 1 is 1.21 bits per heavy atom. The van der Waals surface area contributed by atoms with Crippen molar-refractivity contribution in [3.63, 3.8) is 0 Å². The summed E-state index contributed by atoms with van der Waals surface area (Å²) in [4.78, 5) is 11.8. The number of nitrogens with zero attached hydrogens (tertiary/aromatic N) is 1. The number of amides is 1. The Balaban J connectivity index is 0.00000392. The Hall–Kier alpha value is -2.05. The van der Waals surface area contributed by atoms with Crippen molar-refractivity contribution in [1.82, 2.24) is 9.29 Å². The van der Waals surface area contributed by atoms with Crippen LogP contribution in [0.4, 0.5) is 23.2 Å². The molecule has 2 aromatic rings. The van der Waals surface area contributed by atoms with Crippen molar-refractivity contribution in [3.05, 3.63) is 47.5 Å². The van der Waals surface area contributed by atoms with Gasteiger partial charge in [0.25, 0.3) is 5.91 Å². The molecule has 0 unspecified atom stereocenters. The van der Waals surface area contributed by atoms with Gasteiger partial charge in [-0.05, 0) is 43.7 Å². The lowest BCUT2D eigenvalue weighted by atomic mass is 10.2. The molecule has 1 aromatic heterocycles. The number of hydrogen-bond acceptors (Lipinski definition) is 3. The molecule has 0 saturated carbocycles. The SMILES string of the molecule is Cc1cc(NC(=O)c2cc(S(=O)(=O)N[C@@H](C)C(F)(F)F)cn2C)ccc1F.S. The molecule has 12 heteroatoms. The van der Waals surface area contributed by atoms with Crippen LogP contribution in [0.2, 0.25) is 0 Å². The molecule has 2 rings (SSSR count). The van der Waals surface area contributed by atoms with Crippen molar-refractivity contribution in [3.8, 4) is 0 Å². The van der Waals surface area contributed by atoms with E-state index in [1.807, 2.05) is 0 Å². The van der Waals surface area contributed by atoms with Gasteiger partial charge >= 0.3 is 6.18 Å². The fraction of sp³-hybridized carbons (Fsp3) is 0.312. The molecular weight excluding hydrogens is 422 g/mol. The summed E-state index contributed by atoms with van der Waals surface area (Å²) in [6, 6.07) is 2.54. The molecule has 0 aliphatic carbocycles. The lowest BCUT2D eigenvalue weighted by Crippen LogP contribution is -2.42. The van der Waals surface area contributed by atoms with Gasteiger partial charge in [0.15, 0.2) is 0 Å². The van der Waals surface area contributed by atoms with Crippen LogP contribution in [-0.4, -0.2) is 31.1 Å². The first kappa shape index (κ1) is 24.0. The molecule has 1 atom stereocenters. The van der Waals surface area contributed by atoms with Gasteiger partial charge < -0.3 is 9.88 Å². The van der Waals surface area contributed by atoms with Crippen LogP contribution in [0.25, 0.3) is 0 Å². The Bertz CT molecular complexity index is 972. The number of carbonyl (C=O) groups is 1. The minimum absolute atomic E-state index is 0. The van der Waals surface area contributed by atoms with E-state index in [1.165, 1.54) is 35.4 Å². The molecule has 156 valence electrons. The number of anilines is 1. The molecule has 0 aliphatic heterocycles. The second-order valence-corrected chi connectivity index (χ2v) is 7.69. The summed E-state index contributed by atoms with van der Waals surface area (Å²) in [7, 11) is -3.11. The average molecular weight is 441 g/mol. The van der Waals surface area contributed by atoms with Crippen LogP contribution < -0.4 is 10.0 Å². The van der Waals surface area contributed by atoms with Gasteiger partial charge in [-0.3, -0.25) is 4.79 Å². The normalized spacial score (nSPS) is 13.0. The summed E-state index contributed by atoms with van der Waals surface area (Å²) < 4.78 is 78.0. The van der Waals surface area contributed by atoms with Gasteiger partial charge in [0.05, 0.1) is 0 Å². The van der Waals surface area contributed by atoms with Crippen LogP contribution in [0.15, 0.2) is 35.4 Å². The highest BCUT2D eigenvalue weighted by Crippen LogP contribution is 2.23. The molecule has 28 heavy (non-hydrogen) atoms. The van der Waals surface area contributed by atoms with Gasteiger partial charge in [-0.25, -0.2) is 12.8 Å². The summed E-state index contributed by atoms with van der Waals surface area (Å²) >= 11 is 0. The number of alkyl halides is 3. The second kappa shape index (κ2) is 8.53. The van der Waals surface area contributed by atoms with E-state index in [2.05, 4.69) is 5.32 Å². The van der Waals surface area contributed by atoms with Crippen LogP contribution in [0, 0.1) is 12.7 Å². The summed E-state index contributed by atoms with van der Waals surface area (Å²) in [5.74, 6) is -1.15. The first-order chi connectivity index (χ1) is 12.3. The predicted molar refractivity (Wildman–Crippen MR) is 101 cm³/mol. The largest absolute Gasteiger partial charge is 0.404 e. The van der Waals surface area contributed by atoms with Crippen molar-refractivity contribution in [1.29, 1.82) is 0 Å². The Morgan fingerprint density at radius 2 is 1.82 bits per heavy atom. The van der Waals surface area contributed by atoms with E-state index in [0.717, 1.165) is 18.3 Å². The van der Waals surface area contributed by atoms with E-state index in [0.29, 0.717) is 12.5 Å². The van der Waals surface area contributed by atoms with Crippen molar-refractivity contribution in [2.75, 3.05) is 5.32 Å². The molecule has 0 fully saturated rings. The molecule has 1 heterocycles. The number of benzene rings is 1. The number of halogens is 4. The van der Waals surface area contributed by atoms with Gasteiger partial charge in [0.1, 0.15) is 22.4 Å². The zero-order chi connectivity index (χ0) is 20.6. The first-order valence-corrected chi connectivity index (χ1v) is 9.12. The molecule has 6 nitrogen and oxygen atoms in total. The third kappa shape index (κ3) is 5.49. The maximum absolute atomic E-state index is 13.3. The van der Waals surface area contributed by atoms with E-state index >= 15 is 0 Å². The third-order valence-electron chi connectivity index (χ3n) is 3.76. The number of aromatic nitrogens is 1. The van der Waals surface area contributed by atoms with Crippen LogP contribution >= 0.6 is 13.5 Å². The van der Waals surface area contributed by atoms with E-state index in [9.17, 15) is 30.8 Å². The quantitative estimate of drug-likeness (QED) is 0.700. The highest BCUT2D eigenvalue weighted by atomic mass is 32.2. The maximum Gasteiger partial charge on any atom is 0.404 e. The Kier molecular flexibility index (Phi) is 7.31. The van der Waals surface area contributed by atoms with Crippen molar-refractivity contribution >= 4 is 35.1 Å². The predicted octanol–water partition coefficient (Wildman–Crippen LogP) is 3.07. The van der Waals surface area contributed by atoms with E-state index < -0.39 is 38.9 Å². The lowest BCUT2D eigenvalue weighted by Gasteiger charge is -2.16. The molecule has 1 aromatic carbocycles. The number of sulfonamides is 1. The monoisotopic (exact) mass is 441 g/mol. The molecule has 1 amide bonds. The van der Waals surface area contributed by atoms with Gasteiger partial charge in [-0.15, -0.1) is 0 Å². The average Bonchev–Trinajstić information content (AvgIpc) is 2.92. The standard InChI is InChI=1S/C16H17F4N3O3S.H2S/c1-9-6-11(4-5-13(9)17)21-15(24)14-7-12(8-23(14)3)27(25,26)22-10(2)16(18,19)20;/h4-8,10,22H,1-3H3,(H,21,24);1H2/t10-;/m0./s1. The number of rotatable bonds is 5. The Labute approximate surface area is 166 Å². The summed E-state index contributed by atoms with van der Waals surface area (Å²) in [6.07, 6.45) is -3.72. The zero-order valence-corrected chi connectivity index (χ0v) is 16.9. The zero-order valence-electron chi connectivity index (χ0n) is 15.1. The molecule has 0 aliphatic rings. The number of nitrogens with one attached hydrogen (secondary N) is 2. The Morgan fingerprint density at radius 3 is 2.36 bits per heavy atom. The van der Waals surface area contributed by atoms with E-state index in [4.69, 9.17) is 0 Å².